The van der Waals surface area contributed by atoms with Gasteiger partial charge >= 0.3 is 6.03 Å². The van der Waals surface area contributed by atoms with Crippen molar-refractivity contribution >= 4 is 45.5 Å². The number of rotatable bonds is 4. The number of nitrogens with zero attached hydrogens (tertiary/aromatic N) is 1. The van der Waals surface area contributed by atoms with Crippen molar-refractivity contribution in [3.63, 3.8) is 0 Å². The highest BCUT2D eigenvalue weighted by molar-refractivity contribution is 9.10. The molecule has 1 aliphatic rings. The maximum absolute atomic E-state index is 12.9. The number of hydrogen-bond acceptors (Lipinski definition) is 4. The maximum Gasteiger partial charge on any atom is 0.335 e. The van der Waals surface area contributed by atoms with Crippen LogP contribution in [-0.4, -0.2) is 24.5 Å². The molecule has 27 heavy (non-hydrogen) atoms. The zero-order chi connectivity index (χ0) is 19.6. The van der Waals surface area contributed by atoms with E-state index in [9.17, 15) is 14.4 Å². The lowest BCUT2D eigenvalue weighted by molar-refractivity contribution is -0.122. The SMILES string of the molecule is CCOc1ccccc1C=C1C(=O)NC(=O)N(c2ccc(Br)c(C)c2)C1=O. The number of imide groups is 2. The number of carbonyl (C=O) groups is 3. The predicted molar refractivity (Wildman–Crippen MR) is 105 cm³/mol. The molecular weight excluding hydrogens is 412 g/mol. The van der Waals surface area contributed by atoms with E-state index >= 15 is 0 Å². The summed E-state index contributed by atoms with van der Waals surface area (Å²) in [4.78, 5) is 38.5. The van der Waals surface area contributed by atoms with E-state index in [-0.39, 0.29) is 5.57 Å². The fourth-order valence-corrected chi connectivity index (χ4v) is 2.95. The van der Waals surface area contributed by atoms with Crippen molar-refractivity contribution in [1.82, 2.24) is 5.32 Å². The van der Waals surface area contributed by atoms with E-state index in [0.29, 0.717) is 23.6 Å². The first-order valence-electron chi connectivity index (χ1n) is 8.31. The lowest BCUT2D eigenvalue weighted by atomic mass is 10.1. The normalized spacial score (nSPS) is 15.9. The molecule has 0 radical (unpaired) electrons. The van der Waals surface area contributed by atoms with Gasteiger partial charge in [-0.15, -0.1) is 0 Å². The Labute approximate surface area is 164 Å². The van der Waals surface area contributed by atoms with E-state index in [4.69, 9.17) is 4.74 Å². The van der Waals surface area contributed by atoms with Gasteiger partial charge in [0, 0.05) is 10.0 Å². The highest BCUT2D eigenvalue weighted by atomic mass is 79.9. The quantitative estimate of drug-likeness (QED) is 0.592. The van der Waals surface area contributed by atoms with Crippen molar-refractivity contribution in [2.24, 2.45) is 0 Å². The van der Waals surface area contributed by atoms with Crippen LogP contribution in [0.4, 0.5) is 10.5 Å². The molecule has 0 bridgehead atoms. The van der Waals surface area contributed by atoms with Gasteiger partial charge in [0.15, 0.2) is 0 Å². The highest BCUT2D eigenvalue weighted by Gasteiger charge is 2.37. The first kappa shape index (κ1) is 18.8. The lowest BCUT2D eigenvalue weighted by Crippen LogP contribution is -2.54. The molecule has 4 amide bonds. The molecule has 1 saturated heterocycles. The van der Waals surface area contributed by atoms with E-state index < -0.39 is 17.8 Å². The number of ether oxygens (including phenoxy) is 1. The predicted octanol–water partition coefficient (Wildman–Crippen LogP) is 3.82. The van der Waals surface area contributed by atoms with E-state index in [1.807, 2.05) is 13.8 Å². The van der Waals surface area contributed by atoms with Crippen LogP contribution in [-0.2, 0) is 9.59 Å². The van der Waals surface area contributed by atoms with Gasteiger partial charge in [0.1, 0.15) is 11.3 Å². The number of benzene rings is 2. The highest BCUT2D eigenvalue weighted by Crippen LogP contribution is 2.27. The number of carbonyl (C=O) groups excluding carboxylic acids is 3. The van der Waals surface area contributed by atoms with Crippen molar-refractivity contribution in [2.75, 3.05) is 11.5 Å². The lowest BCUT2D eigenvalue weighted by Gasteiger charge is -2.26. The molecule has 6 nitrogen and oxygen atoms in total. The third kappa shape index (κ3) is 3.78. The summed E-state index contributed by atoms with van der Waals surface area (Å²) in [6.07, 6.45) is 1.44. The molecule has 1 heterocycles. The smallest absolute Gasteiger partial charge is 0.335 e. The molecule has 1 aliphatic heterocycles. The van der Waals surface area contributed by atoms with Gasteiger partial charge in [-0.2, -0.15) is 0 Å². The van der Waals surface area contributed by atoms with Gasteiger partial charge in [0.05, 0.1) is 12.3 Å². The second kappa shape index (κ2) is 7.75. The first-order valence-corrected chi connectivity index (χ1v) is 9.11. The minimum absolute atomic E-state index is 0.137. The van der Waals surface area contributed by atoms with Gasteiger partial charge in [0.25, 0.3) is 11.8 Å². The van der Waals surface area contributed by atoms with Gasteiger partial charge in [-0.25, -0.2) is 9.69 Å². The Morgan fingerprint density at radius 3 is 2.59 bits per heavy atom. The van der Waals surface area contributed by atoms with Gasteiger partial charge in [-0.3, -0.25) is 14.9 Å². The third-order valence-electron chi connectivity index (χ3n) is 4.02. The van der Waals surface area contributed by atoms with E-state index in [2.05, 4.69) is 21.2 Å². The summed E-state index contributed by atoms with van der Waals surface area (Å²) in [6, 6.07) is 11.4. The number of urea groups is 1. The Bertz CT molecular complexity index is 968. The topological polar surface area (TPSA) is 75.7 Å². The number of aryl methyl sites for hydroxylation is 1. The molecule has 1 fully saturated rings. The van der Waals surface area contributed by atoms with Gasteiger partial charge in [-0.1, -0.05) is 34.1 Å². The van der Waals surface area contributed by atoms with Crippen LogP contribution >= 0.6 is 15.9 Å². The number of barbiturate groups is 1. The van der Waals surface area contributed by atoms with Crippen LogP contribution < -0.4 is 15.0 Å². The number of anilines is 1. The van der Waals surface area contributed by atoms with Crippen LogP contribution in [0.3, 0.4) is 0 Å². The minimum atomic E-state index is -0.776. The number of para-hydroxylation sites is 1. The average Bonchev–Trinajstić information content (AvgIpc) is 2.63. The Hall–Kier alpha value is -2.93. The van der Waals surface area contributed by atoms with Gasteiger partial charge < -0.3 is 4.74 Å². The van der Waals surface area contributed by atoms with Crippen LogP contribution in [0.5, 0.6) is 5.75 Å². The zero-order valence-corrected chi connectivity index (χ0v) is 16.4. The maximum atomic E-state index is 12.9. The molecule has 0 aromatic heterocycles. The molecule has 7 heteroatoms. The third-order valence-corrected chi connectivity index (χ3v) is 4.91. The summed E-state index contributed by atoms with van der Waals surface area (Å²) in [5, 5.41) is 2.22. The van der Waals surface area contributed by atoms with E-state index in [1.54, 1.807) is 42.5 Å². The first-order chi connectivity index (χ1) is 12.9. The molecule has 3 rings (SSSR count). The molecule has 0 saturated carbocycles. The van der Waals surface area contributed by atoms with E-state index in [0.717, 1.165) is 14.9 Å². The molecule has 138 valence electrons. The fraction of sp³-hybridized carbons (Fsp3) is 0.150. The van der Waals surface area contributed by atoms with Crippen molar-refractivity contribution in [1.29, 1.82) is 0 Å². The molecule has 0 unspecified atom stereocenters. The molecule has 2 aromatic rings. The Kier molecular flexibility index (Phi) is 5.41. The minimum Gasteiger partial charge on any atom is -0.493 e. The number of amides is 4. The Balaban J connectivity index is 2.04. The van der Waals surface area contributed by atoms with Crippen molar-refractivity contribution < 1.29 is 19.1 Å². The number of halogens is 1. The largest absolute Gasteiger partial charge is 0.493 e. The molecule has 1 N–H and O–H groups in total. The van der Waals surface area contributed by atoms with Crippen molar-refractivity contribution in [3.8, 4) is 5.75 Å². The summed E-state index contributed by atoms with van der Waals surface area (Å²) < 4.78 is 6.39. The molecule has 0 aliphatic carbocycles. The molecule has 0 atom stereocenters. The monoisotopic (exact) mass is 428 g/mol. The summed E-state index contributed by atoms with van der Waals surface area (Å²) in [7, 11) is 0. The Morgan fingerprint density at radius 1 is 1.15 bits per heavy atom. The van der Waals surface area contributed by atoms with Gasteiger partial charge in [-0.05, 0) is 49.8 Å². The summed E-state index contributed by atoms with van der Waals surface area (Å²) in [6.45, 7) is 4.14. The van der Waals surface area contributed by atoms with Crippen LogP contribution in [0, 0.1) is 6.92 Å². The van der Waals surface area contributed by atoms with Crippen LogP contribution in [0.25, 0.3) is 6.08 Å². The summed E-state index contributed by atoms with van der Waals surface area (Å²) >= 11 is 3.39. The van der Waals surface area contributed by atoms with Gasteiger partial charge in [0.2, 0.25) is 0 Å². The standard InChI is InChI=1S/C20H17BrN2O4/c1-3-27-17-7-5-4-6-13(17)11-15-18(24)22-20(26)23(19(15)25)14-8-9-16(21)12(2)10-14/h4-11H,3H2,1-2H3,(H,22,24,26). The fourth-order valence-electron chi connectivity index (χ4n) is 2.70. The summed E-state index contributed by atoms with van der Waals surface area (Å²) in [5.74, 6) is -0.866. The van der Waals surface area contributed by atoms with Crippen molar-refractivity contribution in [2.45, 2.75) is 13.8 Å². The molecule has 2 aromatic carbocycles. The van der Waals surface area contributed by atoms with E-state index in [1.165, 1.54) is 6.08 Å². The second-order valence-electron chi connectivity index (χ2n) is 5.86. The number of nitrogens with one attached hydrogen (secondary N) is 1. The van der Waals surface area contributed by atoms with Crippen LogP contribution in [0.1, 0.15) is 18.1 Å². The number of hydrogen-bond donors (Lipinski definition) is 1. The molecule has 0 spiro atoms. The summed E-state index contributed by atoms with van der Waals surface area (Å²) in [5.41, 5.74) is 1.69. The molecular formula is C20H17BrN2O4. The zero-order valence-electron chi connectivity index (χ0n) is 14.8. The van der Waals surface area contributed by atoms with Crippen LogP contribution in [0.15, 0.2) is 52.5 Å². The van der Waals surface area contributed by atoms with Crippen molar-refractivity contribution in [3.05, 3.63) is 63.6 Å². The average molecular weight is 429 g/mol. The Morgan fingerprint density at radius 2 is 1.89 bits per heavy atom. The second-order valence-corrected chi connectivity index (χ2v) is 6.72. The van der Waals surface area contributed by atoms with Crippen LogP contribution in [0.2, 0.25) is 0 Å².